The van der Waals surface area contributed by atoms with Gasteiger partial charge < -0.3 is 4.98 Å². The largest absolute Gasteiger partial charge is 0.339 e. The van der Waals surface area contributed by atoms with E-state index < -0.39 is 0 Å². The first-order valence-electron chi connectivity index (χ1n) is 7.91. The maximum atomic E-state index is 6.01. The summed E-state index contributed by atoms with van der Waals surface area (Å²) in [6.45, 7) is 0. The monoisotopic (exact) mass is 340 g/mol. The number of hydrogen-bond donors (Lipinski definition) is 1. The van der Waals surface area contributed by atoms with Crippen LogP contribution in [-0.4, -0.2) is 9.97 Å². The first kappa shape index (κ1) is 14.9. The van der Waals surface area contributed by atoms with Gasteiger partial charge in [0.1, 0.15) is 5.65 Å². The van der Waals surface area contributed by atoms with Gasteiger partial charge >= 0.3 is 0 Å². The fourth-order valence-corrected chi connectivity index (χ4v) is 4.21. The molecule has 116 valence electrons. The maximum Gasteiger partial charge on any atom is 0.138 e. The Labute approximate surface area is 145 Å². The normalized spacial score (nSPS) is 14.9. The molecule has 2 nitrogen and oxygen atoms in total. The van der Waals surface area contributed by atoms with E-state index in [2.05, 4.69) is 34.2 Å². The molecule has 2 heterocycles. The zero-order valence-electron chi connectivity index (χ0n) is 12.7. The third-order valence-electron chi connectivity index (χ3n) is 4.17. The number of allylic oxidation sites excluding steroid dienone is 2. The molecular weight excluding hydrogens is 324 g/mol. The number of hydrogen-bond acceptors (Lipinski definition) is 2. The Bertz CT molecular complexity index is 865. The van der Waals surface area contributed by atoms with Gasteiger partial charge in [-0.2, -0.15) is 0 Å². The summed E-state index contributed by atoms with van der Waals surface area (Å²) in [4.78, 5) is 10.5. The molecule has 0 bridgehead atoms. The van der Waals surface area contributed by atoms with E-state index in [-0.39, 0.29) is 0 Å². The molecule has 0 amide bonds. The minimum Gasteiger partial charge on any atom is -0.339 e. The average molecular weight is 341 g/mol. The number of benzene rings is 1. The van der Waals surface area contributed by atoms with Gasteiger partial charge in [0.25, 0.3) is 0 Å². The maximum absolute atomic E-state index is 6.01. The van der Waals surface area contributed by atoms with Crippen LogP contribution in [0, 0.1) is 0 Å². The highest BCUT2D eigenvalue weighted by molar-refractivity contribution is 7.99. The summed E-state index contributed by atoms with van der Waals surface area (Å²) in [7, 11) is 0. The molecule has 3 aromatic rings. The summed E-state index contributed by atoms with van der Waals surface area (Å²) in [6, 6.07) is 12.2. The van der Waals surface area contributed by atoms with E-state index in [1.807, 2.05) is 24.4 Å². The van der Waals surface area contributed by atoms with Crippen LogP contribution in [0.4, 0.5) is 0 Å². The third kappa shape index (κ3) is 3.04. The fraction of sp³-hybridized carbons (Fsp3) is 0.211. The molecule has 1 aromatic carbocycles. The molecule has 0 aliphatic heterocycles. The first-order chi connectivity index (χ1) is 11.3. The van der Waals surface area contributed by atoms with Gasteiger partial charge in [-0.25, -0.2) is 4.98 Å². The molecule has 0 spiro atoms. The van der Waals surface area contributed by atoms with Gasteiger partial charge in [0.15, 0.2) is 0 Å². The van der Waals surface area contributed by atoms with E-state index in [4.69, 9.17) is 11.6 Å². The second kappa shape index (κ2) is 6.42. The van der Waals surface area contributed by atoms with Gasteiger partial charge in [0.05, 0.1) is 5.69 Å². The first-order valence-corrected chi connectivity index (χ1v) is 9.10. The molecule has 2 aromatic heterocycles. The van der Waals surface area contributed by atoms with Gasteiger partial charge in [-0.3, -0.25) is 0 Å². The van der Waals surface area contributed by atoms with Crippen molar-refractivity contribution in [2.24, 2.45) is 0 Å². The van der Waals surface area contributed by atoms with Crippen LogP contribution in [0.3, 0.4) is 0 Å². The van der Waals surface area contributed by atoms with Crippen LogP contribution < -0.4 is 0 Å². The Kier molecular flexibility index (Phi) is 4.15. The highest BCUT2D eigenvalue weighted by Gasteiger charge is 2.17. The summed E-state index contributed by atoms with van der Waals surface area (Å²) in [5, 5.41) is 1.96. The second-order valence-corrected chi connectivity index (χ2v) is 7.28. The lowest BCUT2D eigenvalue weighted by atomic mass is 9.97. The van der Waals surface area contributed by atoms with E-state index in [0.717, 1.165) is 17.1 Å². The summed E-state index contributed by atoms with van der Waals surface area (Å²) in [5.74, 6) is 0. The highest BCUT2D eigenvalue weighted by atomic mass is 35.5. The molecule has 23 heavy (non-hydrogen) atoms. The Hall–Kier alpha value is -1.71. The fourth-order valence-electron chi connectivity index (χ4n) is 3.02. The molecule has 0 unspecified atom stereocenters. The van der Waals surface area contributed by atoms with Crippen LogP contribution in [0.5, 0.6) is 0 Å². The summed E-state index contributed by atoms with van der Waals surface area (Å²) in [6.07, 6.45) is 9.08. The van der Waals surface area contributed by atoms with Crippen LogP contribution in [0.15, 0.2) is 58.5 Å². The van der Waals surface area contributed by atoms with Crippen LogP contribution in [-0.2, 0) is 0 Å². The lowest BCUT2D eigenvalue weighted by molar-refractivity contribution is 0.739. The van der Waals surface area contributed by atoms with E-state index in [1.165, 1.54) is 45.7 Å². The number of pyridine rings is 1. The Morgan fingerprint density at radius 2 is 1.96 bits per heavy atom. The lowest BCUT2D eigenvalue weighted by Gasteiger charge is -2.13. The number of nitrogens with zero attached hydrogens (tertiary/aromatic N) is 1. The number of rotatable bonds is 3. The van der Waals surface area contributed by atoms with Gasteiger partial charge in [0, 0.05) is 26.4 Å². The molecule has 4 rings (SSSR count). The molecule has 0 atom stereocenters. The second-order valence-electron chi connectivity index (χ2n) is 5.76. The Balaban J connectivity index is 1.82. The molecular formula is C19H17ClN2S. The van der Waals surface area contributed by atoms with Crippen molar-refractivity contribution in [3.8, 4) is 0 Å². The van der Waals surface area contributed by atoms with Crippen LogP contribution in [0.25, 0.3) is 16.6 Å². The van der Waals surface area contributed by atoms with Crippen molar-refractivity contribution in [1.29, 1.82) is 0 Å². The molecule has 0 saturated heterocycles. The van der Waals surface area contributed by atoms with E-state index in [0.29, 0.717) is 0 Å². The van der Waals surface area contributed by atoms with Crippen molar-refractivity contribution < 1.29 is 0 Å². The molecule has 0 radical (unpaired) electrons. The van der Waals surface area contributed by atoms with E-state index >= 15 is 0 Å². The quantitative estimate of drug-likeness (QED) is 0.604. The average Bonchev–Trinajstić information content (AvgIpc) is 2.96. The molecule has 0 saturated carbocycles. The van der Waals surface area contributed by atoms with Crippen molar-refractivity contribution in [2.45, 2.75) is 35.5 Å². The molecule has 1 N–H and O–H groups in total. The topological polar surface area (TPSA) is 28.7 Å². The number of nitrogens with one attached hydrogen (secondary N) is 1. The van der Waals surface area contributed by atoms with E-state index in [9.17, 15) is 0 Å². The zero-order chi connectivity index (χ0) is 15.6. The van der Waals surface area contributed by atoms with Gasteiger partial charge in [0.2, 0.25) is 0 Å². The number of fused-ring (bicyclic) bond motifs is 1. The van der Waals surface area contributed by atoms with Crippen molar-refractivity contribution in [3.63, 3.8) is 0 Å². The SMILES string of the molecule is Clc1ccc(Sc2c(C3=CCCCC3)[nH]c3ncccc23)cc1. The summed E-state index contributed by atoms with van der Waals surface area (Å²) < 4.78 is 0. The van der Waals surface area contributed by atoms with Gasteiger partial charge in [-0.1, -0.05) is 29.4 Å². The Morgan fingerprint density at radius 3 is 2.74 bits per heavy atom. The van der Waals surface area contributed by atoms with Gasteiger partial charge in [-0.15, -0.1) is 0 Å². The molecule has 1 aliphatic rings. The summed E-state index contributed by atoms with van der Waals surface area (Å²) in [5.41, 5.74) is 3.62. The Morgan fingerprint density at radius 1 is 1.09 bits per heavy atom. The number of halogens is 1. The molecule has 4 heteroatoms. The van der Waals surface area contributed by atoms with Crippen molar-refractivity contribution in [3.05, 3.63) is 59.4 Å². The zero-order valence-corrected chi connectivity index (χ0v) is 14.3. The minimum atomic E-state index is 0.769. The summed E-state index contributed by atoms with van der Waals surface area (Å²) >= 11 is 7.79. The van der Waals surface area contributed by atoms with E-state index in [1.54, 1.807) is 11.8 Å². The molecule has 0 fully saturated rings. The van der Waals surface area contributed by atoms with Crippen LogP contribution in [0.1, 0.15) is 31.4 Å². The standard InChI is InChI=1S/C19H17ClN2S/c20-14-8-10-15(11-9-14)23-18-16-7-4-12-21-19(16)22-17(18)13-5-2-1-3-6-13/h4-5,7-12H,1-3,6H2,(H,21,22). The number of H-pyrrole nitrogens is 1. The smallest absolute Gasteiger partial charge is 0.138 e. The van der Waals surface area contributed by atoms with Gasteiger partial charge in [-0.05, 0) is 67.7 Å². The predicted molar refractivity (Wildman–Crippen MR) is 98.1 cm³/mol. The minimum absolute atomic E-state index is 0.769. The van der Waals surface area contributed by atoms with Crippen molar-refractivity contribution >= 4 is 40.0 Å². The van der Waals surface area contributed by atoms with Crippen LogP contribution >= 0.6 is 23.4 Å². The number of aromatic amines is 1. The number of aromatic nitrogens is 2. The van der Waals surface area contributed by atoms with Crippen LogP contribution in [0.2, 0.25) is 5.02 Å². The predicted octanol–water partition coefficient (Wildman–Crippen LogP) is 6.32. The highest BCUT2D eigenvalue weighted by Crippen LogP contribution is 2.41. The van der Waals surface area contributed by atoms with Crippen molar-refractivity contribution in [2.75, 3.05) is 0 Å². The third-order valence-corrected chi connectivity index (χ3v) is 5.56. The van der Waals surface area contributed by atoms with Crippen molar-refractivity contribution in [1.82, 2.24) is 9.97 Å². The lowest BCUT2D eigenvalue weighted by Crippen LogP contribution is -1.93. The molecule has 1 aliphatic carbocycles.